The van der Waals surface area contributed by atoms with Crippen molar-refractivity contribution in [1.82, 2.24) is 0 Å². The first-order valence-electron chi connectivity index (χ1n) is 8.15. The van der Waals surface area contributed by atoms with Gasteiger partial charge in [-0.05, 0) is 44.2 Å². The predicted molar refractivity (Wildman–Crippen MR) is 98.7 cm³/mol. The highest BCUT2D eigenvalue weighted by atomic mass is 16.6. The van der Waals surface area contributed by atoms with Crippen molar-refractivity contribution in [3.63, 3.8) is 0 Å². The second-order valence-electron chi connectivity index (χ2n) is 6.07. The minimum absolute atomic E-state index is 0.00600. The molecule has 8 heteroatoms. The SMILES string of the molecule is CC(C)Oc1cc([N+](=O)[O-])ccc1-c1ccc(-c2ccc([N+](=O)[O-])cc2)o1. The van der Waals surface area contributed by atoms with E-state index >= 15 is 0 Å². The summed E-state index contributed by atoms with van der Waals surface area (Å²) in [7, 11) is 0. The average Bonchev–Trinajstić information content (AvgIpc) is 3.11. The molecule has 138 valence electrons. The lowest BCUT2D eigenvalue weighted by Crippen LogP contribution is -2.06. The van der Waals surface area contributed by atoms with Gasteiger partial charge >= 0.3 is 0 Å². The van der Waals surface area contributed by atoms with Gasteiger partial charge in [-0.2, -0.15) is 0 Å². The number of hydrogen-bond acceptors (Lipinski definition) is 6. The summed E-state index contributed by atoms with van der Waals surface area (Å²) >= 11 is 0. The van der Waals surface area contributed by atoms with Crippen LogP contribution in [0, 0.1) is 20.2 Å². The lowest BCUT2D eigenvalue weighted by atomic mass is 10.1. The molecular weight excluding hydrogens is 352 g/mol. The van der Waals surface area contributed by atoms with Crippen LogP contribution >= 0.6 is 0 Å². The summed E-state index contributed by atoms with van der Waals surface area (Å²) < 4.78 is 11.6. The summed E-state index contributed by atoms with van der Waals surface area (Å²) in [6, 6.07) is 13.8. The molecule has 1 heterocycles. The lowest BCUT2D eigenvalue weighted by molar-refractivity contribution is -0.385. The van der Waals surface area contributed by atoms with E-state index in [-0.39, 0.29) is 17.5 Å². The molecule has 0 amide bonds. The Morgan fingerprint density at radius 3 is 2.04 bits per heavy atom. The number of nitro groups is 2. The number of nitrogens with zero attached hydrogens (tertiary/aromatic N) is 2. The number of non-ortho nitro benzene ring substituents is 2. The number of rotatable bonds is 6. The molecule has 2 aromatic carbocycles. The van der Waals surface area contributed by atoms with Crippen LogP contribution in [0.5, 0.6) is 5.75 Å². The van der Waals surface area contributed by atoms with Crippen molar-refractivity contribution < 1.29 is 19.0 Å². The van der Waals surface area contributed by atoms with Crippen molar-refractivity contribution >= 4 is 11.4 Å². The van der Waals surface area contributed by atoms with E-state index in [9.17, 15) is 20.2 Å². The fraction of sp³-hybridized carbons (Fsp3) is 0.158. The van der Waals surface area contributed by atoms with E-state index in [1.54, 1.807) is 30.3 Å². The third-order valence-electron chi connectivity index (χ3n) is 3.77. The molecule has 0 N–H and O–H groups in total. The number of hydrogen-bond donors (Lipinski definition) is 0. The summed E-state index contributed by atoms with van der Waals surface area (Å²) in [5.74, 6) is 1.35. The first kappa shape index (κ1) is 18.1. The Hall–Kier alpha value is -3.68. The molecule has 0 fully saturated rings. The zero-order valence-corrected chi connectivity index (χ0v) is 14.6. The van der Waals surface area contributed by atoms with Gasteiger partial charge in [-0.15, -0.1) is 0 Å². The fourth-order valence-electron chi connectivity index (χ4n) is 2.56. The molecule has 0 aliphatic carbocycles. The highest BCUT2D eigenvalue weighted by Crippen LogP contribution is 2.37. The van der Waals surface area contributed by atoms with E-state index in [0.717, 1.165) is 0 Å². The van der Waals surface area contributed by atoms with Gasteiger partial charge in [-0.1, -0.05) is 0 Å². The zero-order valence-electron chi connectivity index (χ0n) is 14.6. The Balaban J connectivity index is 1.98. The van der Waals surface area contributed by atoms with Crippen LogP contribution in [0.25, 0.3) is 22.6 Å². The molecule has 8 nitrogen and oxygen atoms in total. The Bertz CT molecular complexity index is 992. The first-order valence-corrected chi connectivity index (χ1v) is 8.15. The van der Waals surface area contributed by atoms with Gasteiger partial charge < -0.3 is 9.15 Å². The van der Waals surface area contributed by atoms with Crippen LogP contribution < -0.4 is 4.74 Å². The fourth-order valence-corrected chi connectivity index (χ4v) is 2.56. The topological polar surface area (TPSA) is 109 Å². The summed E-state index contributed by atoms with van der Waals surface area (Å²) in [5, 5.41) is 21.8. The maximum Gasteiger partial charge on any atom is 0.273 e. The summed E-state index contributed by atoms with van der Waals surface area (Å²) in [6.07, 6.45) is -0.171. The van der Waals surface area contributed by atoms with Crippen molar-refractivity contribution in [2.24, 2.45) is 0 Å². The van der Waals surface area contributed by atoms with Gasteiger partial charge in [0.2, 0.25) is 0 Å². The molecule has 0 saturated carbocycles. The molecule has 0 bridgehead atoms. The molecular formula is C19H16N2O6. The van der Waals surface area contributed by atoms with Crippen molar-refractivity contribution in [3.8, 4) is 28.4 Å². The van der Waals surface area contributed by atoms with Gasteiger partial charge in [0, 0.05) is 23.8 Å². The van der Waals surface area contributed by atoms with Crippen molar-refractivity contribution in [2.75, 3.05) is 0 Å². The molecule has 0 aliphatic rings. The Labute approximate surface area is 154 Å². The van der Waals surface area contributed by atoms with E-state index in [0.29, 0.717) is 28.4 Å². The van der Waals surface area contributed by atoms with Crippen LogP contribution in [0.2, 0.25) is 0 Å². The van der Waals surface area contributed by atoms with E-state index in [1.165, 1.54) is 24.3 Å². The highest BCUT2D eigenvalue weighted by Gasteiger charge is 2.17. The van der Waals surface area contributed by atoms with Crippen LogP contribution in [0.1, 0.15) is 13.8 Å². The second-order valence-corrected chi connectivity index (χ2v) is 6.07. The minimum atomic E-state index is -0.485. The molecule has 1 aromatic heterocycles. The third kappa shape index (κ3) is 3.95. The molecule has 0 radical (unpaired) electrons. The summed E-state index contributed by atoms with van der Waals surface area (Å²) in [5.41, 5.74) is 1.19. The molecule has 3 aromatic rings. The molecule has 27 heavy (non-hydrogen) atoms. The molecule has 0 spiro atoms. The van der Waals surface area contributed by atoms with Crippen LogP contribution in [0.4, 0.5) is 11.4 Å². The second kappa shape index (κ2) is 7.28. The van der Waals surface area contributed by atoms with Gasteiger partial charge in [0.1, 0.15) is 17.3 Å². The van der Waals surface area contributed by atoms with Crippen molar-refractivity contribution in [1.29, 1.82) is 0 Å². The average molecular weight is 368 g/mol. The Morgan fingerprint density at radius 1 is 0.852 bits per heavy atom. The normalized spacial score (nSPS) is 10.8. The van der Waals surface area contributed by atoms with Crippen molar-refractivity contribution in [2.45, 2.75) is 20.0 Å². The van der Waals surface area contributed by atoms with Gasteiger partial charge in [0.25, 0.3) is 11.4 Å². The van der Waals surface area contributed by atoms with Gasteiger partial charge in [-0.25, -0.2) is 0 Å². The van der Waals surface area contributed by atoms with E-state index in [2.05, 4.69) is 0 Å². The Morgan fingerprint density at radius 2 is 1.44 bits per heavy atom. The number of ether oxygens (including phenoxy) is 1. The first-order chi connectivity index (χ1) is 12.8. The maximum atomic E-state index is 11.0. The Kier molecular flexibility index (Phi) is 4.89. The van der Waals surface area contributed by atoms with Crippen LogP contribution in [0.3, 0.4) is 0 Å². The summed E-state index contributed by atoms with van der Waals surface area (Å²) in [6.45, 7) is 3.65. The summed E-state index contributed by atoms with van der Waals surface area (Å²) in [4.78, 5) is 20.8. The standard InChI is InChI=1S/C19H16N2O6/c1-12(2)26-19-11-15(21(24)25)7-8-16(19)18-10-9-17(27-18)13-3-5-14(6-4-13)20(22)23/h3-12H,1-2H3. The number of benzene rings is 2. The smallest absolute Gasteiger partial charge is 0.273 e. The number of furan rings is 1. The number of nitro benzene ring substituents is 2. The maximum absolute atomic E-state index is 11.0. The molecule has 0 atom stereocenters. The monoisotopic (exact) mass is 368 g/mol. The quantitative estimate of drug-likeness (QED) is 0.436. The molecule has 0 aliphatic heterocycles. The minimum Gasteiger partial charge on any atom is -0.490 e. The van der Waals surface area contributed by atoms with E-state index in [1.807, 2.05) is 13.8 Å². The molecule has 3 rings (SSSR count). The van der Waals surface area contributed by atoms with Crippen LogP contribution in [-0.2, 0) is 0 Å². The predicted octanol–water partition coefficient (Wildman–Crippen LogP) is 5.22. The zero-order chi connectivity index (χ0) is 19.6. The highest BCUT2D eigenvalue weighted by molar-refractivity contribution is 5.71. The van der Waals surface area contributed by atoms with Gasteiger partial charge in [-0.3, -0.25) is 20.2 Å². The third-order valence-corrected chi connectivity index (χ3v) is 3.77. The van der Waals surface area contributed by atoms with E-state index in [4.69, 9.17) is 9.15 Å². The van der Waals surface area contributed by atoms with Crippen LogP contribution in [0.15, 0.2) is 59.0 Å². The van der Waals surface area contributed by atoms with E-state index < -0.39 is 9.85 Å². The lowest BCUT2D eigenvalue weighted by Gasteiger charge is -2.13. The van der Waals surface area contributed by atoms with Gasteiger partial charge in [0.15, 0.2) is 0 Å². The van der Waals surface area contributed by atoms with Gasteiger partial charge in [0.05, 0.1) is 27.6 Å². The van der Waals surface area contributed by atoms with Crippen molar-refractivity contribution in [3.05, 3.63) is 74.8 Å². The molecule has 0 unspecified atom stereocenters. The molecule has 0 saturated heterocycles. The largest absolute Gasteiger partial charge is 0.490 e. The van der Waals surface area contributed by atoms with Crippen LogP contribution in [-0.4, -0.2) is 16.0 Å².